The highest BCUT2D eigenvalue weighted by atomic mass is 19.1. The van der Waals surface area contributed by atoms with Crippen LogP contribution in [-0.4, -0.2) is 13.2 Å². The predicted molar refractivity (Wildman–Crippen MR) is 85.5 cm³/mol. The summed E-state index contributed by atoms with van der Waals surface area (Å²) in [6, 6.07) is 14.8. The number of anilines is 1. The molecule has 0 aliphatic carbocycles. The minimum Gasteiger partial charge on any atom is -0.492 e. The largest absolute Gasteiger partial charge is 0.492 e. The lowest BCUT2D eigenvalue weighted by atomic mass is 9.99. The highest BCUT2D eigenvalue weighted by Gasteiger charge is 2.03. The van der Waals surface area contributed by atoms with E-state index in [1.54, 1.807) is 18.2 Å². The van der Waals surface area contributed by atoms with Gasteiger partial charge in [0.25, 0.3) is 0 Å². The van der Waals surface area contributed by atoms with Crippen molar-refractivity contribution in [3.8, 4) is 5.75 Å². The van der Waals surface area contributed by atoms with Gasteiger partial charge >= 0.3 is 0 Å². The van der Waals surface area contributed by atoms with Gasteiger partial charge < -0.3 is 10.1 Å². The molecule has 0 amide bonds. The molecule has 0 bridgehead atoms. The molecule has 0 aromatic heterocycles. The molecular weight excluding hydrogens is 265 g/mol. The van der Waals surface area contributed by atoms with Gasteiger partial charge in [0.05, 0.1) is 5.69 Å². The smallest absolute Gasteiger partial charge is 0.146 e. The van der Waals surface area contributed by atoms with E-state index >= 15 is 0 Å². The number of ether oxygens (including phenoxy) is 1. The molecule has 0 aliphatic rings. The fourth-order valence-corrected chi connectivity index (χ4v) is 2.09. The van der Waals surface area contributed by atoms with Gasteiger partial charge in [0.15, 0.2) is 0 Å². The summed E-state index contributed by atoms with van der Waals surface area (Å²) in [6.45, 7) is 5.46. The van der Waals surface area contributed by atoms with Crippen molar-refractivity contribution in [1.29, 1.82) is 0 Å². The first-order valence-corrected chi connectivity index (χ1v) is 7.42. The van der Waals surface area contributed by atoms with E-state index in [-0.39, 0.29) is 5.82 Å². The number of rotatable bonds is 7. The van der Waals surface area contributed by atoms with E-state index in [1.165, 1.54) is 11.6 Å². The molecule has 2 aromatic carbocycles. The molecule has 0 aliphatic heterocycles. The molecule has 0 heterocycles. The minimum atomic E-state index is -0.240. The van der Waals surface area contributed by atoms with Gasteiger partial charge in [-0.05, 0) is 42.2 Å². The minimum absolute atomic E-state index is 0.240. The zero-order valence-electron chi connectivity index (χ0n) is 12.6. The average Bonchev–Trinajstić information content (AvgIpc) is 2.53. The highest BCUT2D eigenvalue weighted by Crippen LogP contribution is 2.21. The number of hydrogen-bond acceptors (Lipinski definition) is 2. The monoisotopic (exact) mass is 287 g/mol. The highest BCUT2D eigenvalue weighted by molar-refractivity contribution is 5.44. The van der Waals surface area contributed by atoms with Crippen molar-refractivity contribution in [3.63, 3.8) is 0 Å². The van der Waals surface area contributed by atoms with E-state index in [2.05, 4.69) is 31.3 Å². The first-order chi connectivity index (χ1) is 10.2. The van der Waals surface area contributed by atoms with Crippen LogP contribution in [0.4, 0.5) is 10.1 Å². The van der Waals surface area contributed by atoms with Crippen LogP contribution in [0.15, 0.2) is 48.5 Å². The summed E-state index contributed by atoms with van der Waals surface area (Å²) in [5.41, 5.74) is 1.84. The van der Waals surface area contributed by atoms with E-state index in [9.17, 15) is 4.39 Å². The second-order valence-corrected chi connectivity index (χ2v) is 5.13. The van der Waals surface area contributed by atoms with Gasteiger partial charge in [-0.15, -0.1) is 0 Å². The van der Waals surface area contributed by atoms with Crippen molar-refractivity contribution < 1.29 is 9.13 Å². The Morgan fingerprint density at radius 1 is 1.10 bits per heavy atom. The van der Waals surface area contributed by atoms with Crippen molar-refractivity contribution in [3.05, 3.63) is 59.9 Å². The van der Waals surface area contributed by atoms with Gasteiger partial charge in [-0.3, -0.25) is 0 Å². The summed E-state index contributed by atoms with van der Waals surface area (Å²) in [5, 5.41) is 3.02. The zero-order valence-corrected chi connectivity index (χ0v) is 12.6. The normalized spacial score (nSPS) is 12.0. The Balaban J connectivity index is 1.77. The molecular formula is C18H22FNO. The molecule has 0 spiro atoms. The molecule has 0 radical (unpaired) electrons. The van der Waals surface area contributed by atoms with Crippen LogP contribution in [-0.2, 0) is 0 Å². The summed E-state index contributed by atoms with van der Waals surface area (Å²) in [5.74, 6) is 1.18. The molecule has 1 atom stereocenters. The first-order valence-electron chi connectivity index (χ1n) is 7.42. The van der Waals surface area contributed by atoms with Crippen molar-refractivity contribution in [2.75, 3.05) is 18.5 Å². The van der Waals surface area contributed by atoms with Gasteiger partial charge in [0, 0.05) is 6.54 Å². The average molecular weight is 287 g/mol. The summed E-state index contributed by atoms with van der Waals surface area (Å²) in [6.07, 6.45) is 1.13. The Kier molecular flexibility index (Phi) is 5.61. The van der Waals surface area contributed by atoms with Crippen LogP contribution in [0.1, 0.15) is 31.7 Å². The predicted octanol–water partition coefficient (Wildman–Crippen LogP) is 4.83. The van der Waals surface area contributed by atoms with Crippen molar-refractivity contribution in [2.24, 2.45) is 0 Å². The fourth-order valence-electron chi connectivity index (χ4n) is 2.09. The Bertz CT molecular complexity index is 553. The number of hydrogen-bond donors (Lipinski definition) is 1. The molecule has 0 saturated heterocycles. The standard InChI is InChI=1S/C18H22FNO/c1-3-14(2)15-8-10-16(11-9-15)21-13-12-20-18-7-5-4-6-17(18)19/h4-11,14,20H,3,12-13H2,1-2H3. The maximum absolute atomic E-state index is 13.4. The molecule has 2 aromatic rings. The van der Waals surface area contributed by atoms with Gasteiger partial charge in [0.1, 0.15) is 18.2 Å². The summed E-state index contributed by atoms with van der Waals surface area (Å²) < 4.78 is 19.0. The number of halogens is 1. The van der Waals surface area contributed by atoms with Crippen LogP contribution < -0.4 is 10.1 Å². The summed E-state index contributed by atoms with van der Waals surface area (Å²) >= 11 is 0. The molecule has 3 heteroatoms. The molecule has 1 unspecified atom stereocenters. The maximum Gasteiger partial charge on any atom is 0.146 e. The van der Waals surface area contributed by atoms with E-state index in [4.69, 9.17) is 4.74 Å². The van der Waals surface area contributed by atoms with Crippen molar-refractivity contribution in [1.82, 2.24) is 0 Å². The number of nitrogens with one attached hydrogen (secondary N) is 1. The number of benzene rings is 2. The summed E-state index contributed by atoms with van der Waals surface area (Å²) in [7, 11) is 0. The Morgan fingerprint density at radius 3 is 2.48 bits per heavy atom. The maximum atomic E-state index is 13.4. The third kappa shape index (κ3) is 4.48. The van der Waals surface area contributed by atoms with Crippen LogP contribution in [0.25, 0.3) is 0 Å². The second-order valence-electron chi connectivity index (χ2n) is 5.13. The van der Waals surface area contributed by atoms with Crippen LogP contribution in [0.5, 0.6) is 5.75 Å². The molecule has 2 rings (SSSR count). The third-order valence-corrected chi connectivity index (χ3v) is 3.62. The Morgan fingerprint density at radius 2 is 1.81 bits per heavy atom. The van der Waals surface area contributed by atoms with E-state index in [0.717, 1.165) is 12.2 Å². The molecule has 21 heavy (non-hydrogen) atoms. The third-order valence-electron chi connectivity index (χ3n) is 3.62. The van der Waals surface area contributed by atoms with E-state index in [0.29, 0.717) is 24.8 Å². The van der Waals surface area contributed by atoms with Crippen LogP contribution in [0, 0.1) is 5.82 Å². The van der Waals surface area contributed by atoms with Crippen molar-refractivity contribution in [2.45, 2.75) is 26.2 Å². The topological polar surface area (TPSA) is 21.3 Å². The second kappa shape index (κ2) is 7.67. The van der Waals surface area contributed by atoms with Crippen LogP contribution >= 0.6 is 0 Å². The molecule has 0 fully saturated rings. The Labute approximate surface area is 126 Å². The molecule has 1 N–H and O–H groups in total. The van der Waals surface area contributed by atoms with Gasteiger partial charge in [-0.25, -0.2) is 4.39 Å². The lowest BCUT2D eigenvalue weighted by Crippen LogP contribution is -2.12. The fraction of sp³-hybridized carbons (Fsp3) is 0.333. The van der Waals surface area contributed by atoms with E-state index < -0.39 is 0 Å². The molecule has 0 saturated carbocycles. The molecule has 112 valence electrons. The van der Waals surface area contributed by atoms with Crippen LogP contribution in [0.2, 0.25) is 0 Å². The number of para-hydroxylation sites is 1. The lowest BCUT2D eigenvalue weighted by molar-refractivity contribution is 0.332. The van der Waals surface area contributed by atoms with Crippen LogP contribution in [0.3, 0.4) is 0 Å². The van der Waals surface area contributed by atoms with Gasteiger partial charge in [-0.1, -0.05) is 38.1 Å². The lowest BCUT2D eigenvalue weighted by Gasteiger charge is -2.11. The molecule has 2 nitrogen and oxygen atoms in total. The van der Waals surface area contributed by atoms with Gasteiger partial charge in [0.2, 0.25) is 0 Å². The quantitative estimate of drug-likeness (QED) is 0.736. The SMILES string of the molecule is CCC(C)c1ccc(OCCNc2ccccc2F)cc1. The summed E-state index contributed by atoms with van der Waals surface area (Å²) in [4.78, 5) is 0. The van der Waals surface area contributed by atoms with Crippen molar-refractivity contribution >= 4 is 5.69 Å². The van der Waals surface area contributed by atoms with E-state index in [1.807, 2.05) is 12.1 Å². The van der Waals surface area contributed by atoms with Gasteiger partial charge in [-0.2, -0.15) is 0 Å². The zero-order chi connectivity index (χ0) is 15.1. The first kappa shape index (κ1) is 15.4. The Hall–Kier alpha value is -2.03.